The van der Waals surface area contributed by atoms with Gasteiger partial charge in [0.25, 0.3) is 0 Å². The molecule has 0 saturated heterocycles. The Morgan fingerprint density at radius 3 is 2.60 bits per heavy atom. The molecule has 1 amide bonds. The summed E-state index contributed by atoms with van der Waals surface area (Å²) in [5.74, 6) is 0.675. The zero-order chi connectivity index (χ0) is 14.5. The molecule has 0 aliphatic rings. The normalized spacial score (nSPS) is 10.1. The summed E-state index contributed by atoms with van der Waals surface area (Å²) in [5, 5.41) is 2.83. The second-order valence-electron chi connectivity index (χ2n) is 4.31. The second-order valence-corrected chi connectivity index (χ2v) is 5.17. The van der Waals surface area contributed by atoms with E-state index in [0.29, 0.717) is 17.8 Å². The first-order valence-corrected chi connectivity index (χ1v) is 6.85. The van der Waals surface area contributed by atoms with Gasteiger partial charge < -0.3 is 15.8 Å². The van der Waals surface area contributed by atoms with Gasteiger partial charge in [-0.05, 0) is 51.8 Å². The van der Waals surface area contributed by atoms with Crippen LogP contribution in [0.1, 0.15) is 5.56 Å². The molecule has 0 saturated carbocycles. The highest BCUT2D eigenvalue weighted by Crippen LogP contribution is 2.24. The molecule has 0 bridgehead atoms. The van der Waals surface area contributed by atoms with Crippen LogP contribution in [0.25, 0.3) is 0 Å². The van der Waals surface area contributed by atoms with E-state index < -0.39 is 0 Å². The lowest BCUT2D eigenvalue weighted by Crippen LogP contribution is -2.14. The lowest BCUT2D eigenvalue weighted by atomic mass is 10.1. The van der Waals surface area contributed by atoms with Gasteiger partial charge in [0.2, 0.25) is 5.91 Å². The Labute approximate surface area is 126 Å². The van der Waals surface area contributed by atoms with E-state index in [2.05, 4.69) is 21.2 Å². The molecule has 0 fully saturated rings. The zero-order valence-electron chi connectivity index (χ0n) is 11.0. The fraction of sp³-hybridized carbons (Fsp3) is 0.133. The molecule has 0 aliphatic carbocycles. The van der Waals surface area contributed by atoms with Crippen molar-refractivity contribution < 1.29 is 9.53 Å². The van der Waals surface area contributed by atoms with E-state index in [0.717, 1.165) is 15.8 Å². The van der Waals surface area contributed by atoms with Gasteiger partial charge in [-0.3, -0.25) is 4.79 Å². The summed E-state index contributed by atoms with van der Waals surface area (Å²) < 4.78 is 5.88. The highest BCUT2D eigenvalue weighted by Gasteiger charge is 2.07. The van der Waals surface area contributed by atoms with Gasteiger partial charge in [-0.25, -0.2) is 0 Å². The molecule has 2 rings (SSSR count). The maximum atomic E-state index is 12.0. The molecule has 2 aromatic rings. The van der Waals surface area contributed by atoms with Crippen molar-refractivity contribution in [3.63, 3.8) is 0 Å². The average molecular weight is 335 g/mol. The van der Waals surface area contributed by atoms with Crippen LogP contribution < -0.4 is 15.8 Å². The third kappa shape index (κ3) is 3.74. The van der Waals surface area contributed by atoms with Crippen LogP contribution in [0.4, 0.5) is 11.4 Å². The Kier molecular flexibility index (Phi) is 4.63. The van der Waals surface area contributed by atoms with E-state index in [1.165, 1.54) is 0 Å². The van der Waals surface area contributed by atoms with Gasteiger partial charge in [0.1, 0.15) is 5.75 Å². The quantitative estimate of drug-likeness (QED) is 0.843. The van der Waals surface area contributed by atoms with Crippen LogP contribution in [0.3, 0.4) is 0 Å². The van der Waals surface area contributed by atoms with Gasteiger partial charge in [0.15, 0.2) is 0 Å². The number of ether oxygens (including phenoxy) is 1. The van der Waals surface area contributed by atoms with Gasteiger partial charge in [-0.15, -0.1) is 0 Å². The summed E-state index contributed by atoms with van der Waals surface area (Å²) in [4.78, 5) is 12.0. The number of carbonyl (C=O) groups excluding carboxylic acids is 1. The summed E-state index contributed by atoms with van der Waals surface area (Å²) in [6.45, 7) is 0. The van der Waals surface area contributed by atoms with E-state index in [1.807, 2.05) is 24.3 Å². The van der Waals surface area contributed by atoms with Gasteiger partial charge >= 0.3 is 0 Å². The van der Waals surface area contributed by atoms with Crippen molar-refractivity contribution in [3.8, 4) is 5.75 Å². The molecule has 0 spiro atoms. The Bertz CT molecular complexity index is 612. The van der Waals surface area contributed by atoms with Crippen LogP contribution in [-0.2, 0) is 11.2 Å². The Hall–Kier alpha value is -2.01. The SMILES string of the molecule is COc1ccc(CC(=O)Nc2cc(N)ccc2Br)cc1. The number of halogens is 1. The Morgan fingerprint density at radius 1 is 1.25 bits per heavy atom. The molecule has 2 aromatic carbocycles. The first-order valence-electron chi connectivity index (χ1n) is 6.06. The van der Waals surface area contributed by atoms with Crippen LogP contribution in [-0.4, -0.2) is 13.0 Å². The molecule has 104 valence electrons. The van der Waals surface area contributed by atoms with Gasteiger partial charge in [-0.1, -0.05) is 12.1 Å². The Morgan fingerprint density at radius 2 is 1.95 bits per heavy atom. The average Bonchev–Trinajstić information content (AvgIpc) is 2.43. The summed E-state index contributed by atoms with van der Waals surface area (Å²) in [7, 11) is 1.61. The fourth-order valence-corrected chi connectivity index (χ4v) is 2.11. The monoisotopic (exact) mass is 334 g/mol. The van der Waals surface area contributed by atoms with Crippen molar-refractivity contribution in [3.05, 3.63) is 52.5 Å². The van der Waals surface area contributed by atoms with Crippen LogP contribution in [0.15, 0.2) is 46.9 Å². The summed E-state index contributed by atoms with van der Waals surface area (Å²) in [6, 6.07) is 12.7. The minimum absolute atomic E-state index is 0.0959. The molecule has 5 heteroatoms. The molecular formula is C15H15BrN2O2. The summed E-state index contributed by atoms with van der Waals surface area (Å²) in [6.07, 6.45) is 0.297. The Balaban J connectivity index is 2.03. The molecule has 0 aliphatic heterocycles. The molecule has 0 aromatic heterocycles. The molecule has 0 radical (unpaired) electrons. The molecule has 0 unspecified atom stereocenters. The minimum atomic E-state index is -0.0959. The van der Waals surface area contributed by atoms with E-state index in [9.17, 15) is 4.79 Å². The van der Waals surface area contributed by atoms with Crippen molar-refractivity contribution in [2.24, 2.45) is 0 Å². The third-order valence-corrected chi connectivity index (χ3v) is 3.48. The number of benzene rings is 2. The number of nitrogens with one attached hydrogen (secondary N) is 1. The standard InChI is InChI=1S/C15H15BrN2O2/c1-20-12-5-2-10(3-6-12)8-15(19)18-14-9-11(17)4-7-13(14)16/h2-7,9H,8,17H2,1H3,(H,18,19). The maximum Gasteiger partial charge on any atom is 0.228 e. The van der Waals surface area contributed by atoms with Crippen LogP contribution in [0.2, 0.25) is 0 Å². The lowest BCUT2D eigenvalue weighted by Gasteiger charge is -2.08. The lowest BCUT2D eigenvalue weighted by molar-refractivity contribution is -0.115. The van der Waals surface area contributed by atoms with Gasteiger partial charge in [-0.2, -0.15) is 0 Å². The van der Waals surface area contributed by atoms with Crippen molar-refractivity contribution in [2.45, 2.75) is 6.42 Å². The van der Waals surface area contributed by atoms with E-state index >= 15 is 0 Å². The first kappa shape index (κ1) is 14.4. The second kappa shape index (κ2) is 6.43. The van der Waals surface area contributed by atoms with Gasteiger partial charge in [0.05, 0.1) is 19.2 Å². The number of nitrogen functional groups attached to an aromatic ring is 1. The molecule has 4 nitrogen and oxygen atoms in total. The number of hydrogen-bond donors (Lipinski definition) is 2. The topological polar surface area (TPSA) is 64.3 Å². The largest absolute Gasteiger partial charge is 0.497 e. The fourth-order valence-electron chi connectivity index (χ4n) is 1.76. The number of nitrogens with two attached hydrogens (primary N) is 1. The predicted octanol–water partition coefficient (Wildman–Crippen LogP) is 3.22. The van der Waals surface area contributed by atoms with E-state index in [1.54, 1.807) is 25.3 Å². The van der Waals surface area contributed by atoms with Crippen LogP contribution in [0.5, 0.6) is 5.75 Å². The third-order valence-electron chi connectivity index (χ3n) is 2.79. The van der Waals surface area contributed by atoms with Crippen molar-refractivity contribution >= 4 is 33.2 Å². The molecule has 0 atom stereocenters. The van der Waals surface area contributed by atoms with E-state index in [4.69, 9.17) is 10.5 Å². The molecule has 0 heterocycles. The smallest absolute Gasteiger partial charge is 0.228 e. The van der Waals surface area contributed by atoms with Crippen LogP contribution >= 0.6 is 15.9 Å². The highest BCUT2D eigenvalue weighted by molar-refractivity contribution is 9.10. The van der Waals surface area contributed by atoms with Gasteiger partial charge in [0, 0.05) is 10.2 Å². The predicted molar refractivity (Wildman–Crippen MR) is 83.9 cm³/mol. The number of methoxy groups -OCH3 is 1. The first-order chi connectivity index (χ1) is 9.58. The number of amides is 1. The minimum Gasteiger partial charge on any atom is -0.497 e. The number of carbonyl (C=O) groups is 1. The van der Waals surface area contributed by atoms with Crippen molar-refractivity contribution in [2.75, 3.05) is 18.2 Å². The number of anilines is 2. The summed E-state index contributed by atoms with van der Waals surface area (Å²) in [5.41, 5.74) is 7.90. The zero-order valence-corrected chi connectivity index (χ0v) is 12.6. The number of rotatable bonds is 4. The van der Waals surface area contributed by atoms with Crippen molar-refractivity contribution in [1.29, 1.82) is 0 Å². The highest BCUT2D eigenvalue weighted by atomic mass is 79.9. The molecule has 20 heavy (non-hydrogen) atoms. The summed E-state index contributed by atoms with van der Waals surface area (Å²) >= 11 is 3.38. The van der Waals surface area contributed by atoms with Crippen LogP contribution in [0, 0.1) is 0 Å². The van der Waals surface area contributed by atoms with E-state index in [-0.39, 0.29) is 5.91 Å². The molecular weight excluding hydrogens is 320 g/mol. The van der Waals surface area contributed by atoms with Crippen molar-refractivity contribution in [1.82, 2.24) is 0 Å². The number of hydrogen-bond acceptors (Lipinski definition) is 3. The maximum absolute atomic E-state index is 12.0. The molecule has 3 N–H and O–H groups in total.